The fourth-order valence-corrected chi connectivity index (χ4v) is 4.16. The number of rotatable bonds is 14. The highest BCUT2D eigenvalue weighted by molar-refractivity contribution is 5.66. The highest BCUT2D eigenvalue weighted by atomic mass is 16.4. The van der Waals surface area contributed by atoms with Gasteiger partial charge in [-0.05, 0) is 49.4 Å². The first-order valence-corrected chi connectivity index (χ1v) is 9.92. The molecule has 0 spiro atoms. The van der Waals surface area contributed by atoms with Crippen LogP contribution >= 0.6 is 0 Å². The average molecular weight is 309 g/mol. The van der Waals surface area contributed by atoms with Crippen molar-refractivity contribution in [2.24, 2.45) is 23.7 Å². The molecule has 2 aliphatic carbocycles. The minimum atomic E-state index is -0.645. The number of carbonyl (C=O) groups is 1. The first-order chi connectivity index (χ1) is 10.7. The van der Waals surface area contributed by atoms with Crippen molar-refractivity contribution in [1.82, 2.24) is 0 Å². The molecule has 1 N–H and O–H groups in total. The normalized spacial score (nSPS) is 29.5. The SMILES string of the molecule is CCCCCC1C[C@@H]1C[C@@H]1CC1CCCCCCCC(=O)O. The van der Waals surface area contributed by atoms with Crippen molar-refractivity contribution in [2.45, 2.75) is 96.8 Å². The van der Waals surface area contributed by atoms with Crippen LogP contribution in [0.2, 0.25) is 0 Å². The molecule has 4 atom stereocenters. The van der Waals surface area contributed by atoms with Crippen molar-refractivity contribution >= 4 is 5.97 Å². The van der Waals surface area contributed by atoms with E-state index in [0.29, 0.717) is 6.42 Å². The van der Waals surface area contributed by atoms with Gasteiger partial charge in [0.1, 0.15) is 0 Å². The van der Waals surface area contributed by atoms with Crippen LogP contribution in [0, 0.1) is 23.7 Å². The van der Waals surface area contributed by atoms with Gasteiger partial charge in [-0.1, -0.05) is 64.7 Å². The summed E-state index contributed by atoms with van der Waals surface area (Å²) in [6.45, 7) is 2.30. The summed E-state index contributed by atoms with van der Waals surface area (Å²) in [6, 6.07) is 0. The summed E-state index contributed by atoms with van der Waals surface area (Å²) < 4.78 is 0. The Kier molecular flexibility index (Phi) is 7.75. The second-order valence-electron chi connectivity index (χ2n) is 7.94. The molecule has 2 saturated carbocycles. The minimum Gasteiger partial charge on any atom is -0.481 e. The molecule has 2 aliphatic rings. The molecule has 0 bridgehead atoms. The van der Waals surface area contributed by atoms with Gasteiger partial charge in [0.25, 0.3) is 0 Å². The van der Waals surface area contributed by atoms with Crippen LogP contribution in [0.25, 0.3) is 0 Å². The van der Waals surface area contributed by atoms with E-state index in [-0.39, 0.29) is 0 Å². The highest BCUT2D eigenvalue weighted by Crippen LogP contribution is 2.54. The number of hydrogen-bond donors (Lipinski definition) is 1. The van der Waals surface area contributed by atoms with Gasteiger partial charge >= 0.3 is 5.97 Å². The summed E-state index contributed by atoms with van der Waals surface area (Å²) in [5, 5.41) is 8.58. The summed E-state index contributed by atoms with van der Waals surface area (Å²) in [6.07, 6.45) is 18.0. The quantitative estimate of drug-likeness (QED) is 0.397. The predicted octanol–water partition coefficient (Wildman–Crippen LogP) is 6.04. The molecule has 0 heterocycles. The number of carboxylic acid groups (broad SMARTS) is 1. The Morgan fingerprint density at radius 1 is 0.818 bits per heavy atom. The van der Waals surface area contributed by atoms with E-state index in [9.17, 15) is 4.79 Å². The van der Waals surface area contributed by atoms with Crippen molar-refractivity contribution in [3.05, 3.63) is 0 Å². The van der Waals surface area contributed by atoms with Crippen LogP contribution in [0.5, 0.6) is 0 Å². The smallest absolute Gasteiger partial charge is 0.303 e. The molecule has 0 radical (unpaired) electrons. The summed E-state index contributed by atoms with van der Waals surface area (Å²) in [5.74, 6) is 3.68. The van der Waals surface area contributed by atoms with Crippen molar-refractivity contribution in [3.8, 4) is 0 Å². The second kappa shape index (κ2) is 9.57. The van der Waals surface area contributed by atoms with Crippen LogP contribution in [0.3, 0.4) is 0 Å². The average Bonchev–Trinajstić information content (AvgIpc) is 3.38. The first kappa shape index (κ1) is 17.8. The number of carboxylic acids is 1. The summed E-state index contributed by atoms with van der Waals surface area (Å²) in [5.41, 5.74) is 0. The molecule has 0 aromatic carbocycles. The maximum atomic E-state index is 10.4. The molecule has 22 heavy (non-hydrogen) atoms. The lowest BCUT2D eigenvalue weighted by molar-refractivity contribution is -0.137. The van der Waals surface area contributed by atoms with E-state index in [0.717, 1.165) is 36.5 Å². The Hall–Kier alpha value is -0.530. The van der Waals surface area contributed by atoms with Crippen molar-refractivity contribution in [1.29, 1.82) is 0 Å². The Labute approximate surface area is 137 Å². The largest absolute Gasteiger partial charge is 0.481 e. The Balaban J connectivity index is 1.36. The molecule has 0 saturated heterocycles. The van der Waals surface area contributed by atoms with Gasteiger partial charge in [-0.15, -0.1) is 0 Å². The second-order valence-corrected chi connectivity index (χ2v) is 7.94. The lowest BCUT2D eigenvalue weighted by Gasteiger charge is -2.02. The van der Waals surface area contributed by atoms with Crippen LogP contribution in [0.15, 0.2) is 0 Å². The van der Waals surface area contributed by atoms with Crippen molar-refractivity contribution in [3.63, 3.8) is 0 Å². The standard InChI is InChI=1S/C20H36O2/c1-2-3-7-10-16-13-18(16)15-19-14-17(19)11-8-5-4-6-9-12-20(21)22/h16-19H,2-15H2,1H3,(H,21,22)/t16?,17?,18-,19+/m1/s1. The molecular formula is C20H36O2. The van der Waals surface area contributed by atoms with Gasteiger partial charge < -0.3 is 5.11 Å². The van der Waals surface area contributed by atoms with Crippen LogP contribution in [-0.2, 0) is 4.79 Å². The predicted molar refractivity (Wildman–Crippen MR) is 91.9 cm³/mol. The van der Waals surface area contributed by atoms with Gasteiger partial charge in [0.05, 0.1) is 0 Å². The maximum absolute atomic E-state index is 10.4. The molecule has 0 amide bonds. The zero-order valence-electron chi connectivity index (χ0n) is 14.6. The third kappa shape index (κ3) is 7.15. The van der Waals surface area contributed by atoms with Gasteiger partial charge in [-0.3, -0.25) is 4.79 Å². The summed E-state index contributed by atoms with van der Waals surface area (Å²) in [4.78, 5) is 10.4. The molecule has 2 nitrogen and oxygen atoms in total. The number of unbranched alkanes of at least 4 members (excludes halogenated alkanes) is 6. The molecule has 2 heteroatoms. The third-order valence-corrected chi connectivity index (χ3v) is 5.89. The first-order valence-electron chi connectivity index (χ1n) is 9.92. The van der Waals surface area contributed by atoms with Crippen LogP contribution in [-0.4, -0.2) is 11.1 Å². The maximum Gasteiger partial charge on any atom is 0.303 e. The van der Waals surface area contributed by atoms with E-state index in [1.807, 2.05) is 0 Å². The van der Waals surface area contributed by atoms with E-state index in [2.05, 4.69) is 6.92 Å². The zero-order chi connectivity index (χ0) is 15.8. The Morgan fingerprint density at radius 2 is 1.36 bits per heavy atom. The van der Waals surface area contributed by atoms with Gasteiger partial charge in [-0.2, -0.15) is 0 Å². The Morgan fingerprint density at radius 3 is 1.95 bits per heavy atom. The monoisotopic (exact) mass is 308 g/mol. The fourth-order valence-electron chi connectivity index (χ4n) is 4.16. The van der Waals surface area contributed by atoms with E-state index >= 15 is 0 Å². The molecule has 2 rings (SSSR count). The van der Waals surface area contributed by atoms with Crippen LogP contribution in [0.1, 0.15) is 96.8 Å². The number of aliphatic carboxylic acids is 1. The molecule has 0 aliphatic heterocycles. The molecule has 0 aromatic rings. The highest BCUT2D eigenvalue weighted by Gasteiger charge is 2.44. The summed E-state index contributed by atoms with van der Waals surface area (Å²) in [7, 11) is 0. The lowest BCUT2D eigenvalue weighted by Crippen LogP contribution is -1.93. The van der Waals surface area contributed by atoms with E-state index in [4.69, 9.17) is 5.11 Å². The van der Waals surface area contributed by atoms with Crippen molar-refractivity contribution in [2.75, 3.05) is 0 Å². The van der Waals surface area contributed by atoms with Gasteiger partial charge in [0.2, 0.25) is 0 Å². The molecule has 0 aromatic heterocycles. The van der Waals surface area contributed by atoms with Crippen molar-refractivity contribution < 1.29 is 9.90 Å². The van der Waals surface area contributed by atoms with Crippen LogP contribution in [0.4, 0.5) is 0 Å². The van der Waals surface area contributed by atoms with Crippen LogP contribution < -0.4 is 0 Å². The van der Waals surface area contributed by atoms with Gasteiger partial charge in [-0.25, -0.2) is 0 Å². The van der Waals surface area contributed by atoms with Gasteiger partial charge in [0, 0.05) is 6.42 Å². The third-order valence-electron chi connectivity index (χ3n) is 5.89. The molecule has 2 fully saturated rings. The molecule has 2 unspecified atom stereocenters. The zero-order valence-corrected chi connectivity index (χ0v) is 14.6. The molecule has 128 valence electrons. The Bertz CT molecular complexity index is 326. The topological polar surface area (TPSA) is 37.3 Å². The number of hydrogen-bond acceptors (Lipinski definition) is 1. The van der Waals surface area contributed by atoms with E-state index < -0.39 is 5.97 Å². The van der Waals surface area contributed by atoms with E-state index in [1.54, 1.807) is 6.42 Å². The summed E-state index contributed by atoms with van der Waals surface area (Å²) >= 11 is 0. The lowest BCUT2D eigenvalue weighted by atomic mass is 10.0. The minimum absolute atomic E-state index is 0.353. The fraction of sp³-hybridized carbons (Fsp3) is 0.950. The van der Waals surface area contributed by atoms with Gasteiger partial charge in [0.15, 0.2) is 0 Å². The molecular weight excluding hydrogens is 272 g/mol. The van der Waals surface area contributed by atoms with E-state index in [1.165, 1.54) is 64.2 Å².